The van der Waals surface area contributed by atoms with Crippen molar-refractivity contribution < 1.29 is 22.0 Å². The molecule has 0 radical (unpaired) electrons. The minimum absolute atomic E-state index is 0.210. The molecular formula is C29H29FN4O4S. The molecule has 39 heavy (non-hydrogen) atoms. The molecule has 4 aromatic rings. The van der Waals surface area contributed by atoms with Crippen molar-refractivity contribution in [2.24, 2.45) is 0 Å². The Balaban J connectivity index is 1.13. The van der Waals surface area contributed by atoms with Crippen molar-refractivity contribution in [3.63, 3.8) is 0 Å². The van der Waals surface area contributed by atoms with Gasteiger partial charge in [0.2, 0.25) is 11.0 Å². The fraction of sp³-hybridized carbons (Fsp3) is 0.310. The lowest BCUT2D eigenvalue weighted by Gasteiger charge is -2.22. The van der Waals surface area contributed by atoms with Crippen LogP contribution in [0, 0.1) is 5.82 Å². The van der Waals surface area contributed by atoms with E-state index in [1.165, 1.54) is 41.4 Å². The molecule has 202 valence electrons. The zero-order valence-corrected chi connectivity index (χ0v) is 22.2. The Morgan fingerprint density at radius 2 is 1.85 bits per heavy atom. The maximum atomic E-state index is 13.6. The van der Waals surface area contributed by atoms with Gasteiger partial charge in [0.25, 0.3) is 10.0 Å². The third-order valence-corrected chi connectivity index (χ3v) is 9.19. The van der Waals surface area contributed by atoms with E-state index in [1.54, 1.807) is 0 Å². The number of hydrogen-bond acceptors (Lipinski definition) is 6. The fourth-order valence-electron chi connectivity index (χ4n) is 5.38. The van der Waals surface area contributed by atoms with Gasteiger partial charge in [0.1, 0.15) is 23.3 Å². The van der Waals surface area contributed by atoms with Crippen molar-refractivity contribution in [3.05, 3.63) is 78.2 Å². The third-order valence-electron chi connectivity index (χ3n) is 7.43. The molecule has 2 aliphatic heterocycles. The summed E-state index contributed by atoms with van der Waals surface area (Å²) in [5, 5.41) is 2.97. The van der Waals surface area contributed by atoms with Crippen molar-refractivity contribution in [2.45, 2.75) is 43.4 Å². The number of benzene rings is 2. The number of furan rings is 1. The van der Waals surface area contributed by atoms with Gasteiger partial charge >= 0.3 is 0 Å². The van der Waals surface area contributed by atoms with Gasteiger partial charge in [-0.2, -0.15) is 4.31 Å². The summed E-state index contributed by atoms with van der Waals surface area (Å²) in [6.45, 7) is 2.56. The van der Waals surface area contributed by atoms with Crippen molar-refractivity contribution in [3.8, 4) is 11.1 Å². The van der Waals surface area contributed by atoms with Crippen LogP contribution in [0.15, 0.2) is 76.4 Å². The number of fused-ring (bicyclic) bond motifs is 1. The van der Waals surface area contributed by atoms with E-state index >= 15 is 0 Å². The molecule has 1 N–H and O–H groups in total. The van der Waals surface area contributed by atoms with Gasteiger partial charge in [0.05, 0.1) is 0 Å². The number of amides is 1. The summed E-state index contributed by atoms with van der Waals surface area (Å²) in [5.41, 5.74) is 3.16. The molecule has 1 amide bonds. The molecular weight excluding hydrogens is 519 g/mol. The number of hydrogen-bond donors (Lipinski definition) is 1. The van der Waals surface area contributed by atoms with Crippen molar-refractivity contribution in [2.75, 3.05) is 24.5 Å². The quantitative estimate of drug-likeness (QED) is 0.360. The fourth-order valence-corrected chi connectivity index (χ4v) is 6.99. The minimum Gasteiger partial charge on any atom is -0.443 e. The van der Waals surface area contributed by atoms with Gasteiger partial charge in [-0.1, -0.05) is 18.2 Å². The number of pyridine rings is 1. The second kappa shape index (κ2) is 10.4. The lowest BCUT2D eigenvalue weighted by atomic mass is 10.0. The van der Waals surface area contributed by atoms with E-state index in [1.807, 2.05) is 36.5 Å². The molecule has 8 nitrogen and oxygen atoms in total. The molecule has 1 atom stereocenters. The van der Waals surface area contributed by atoms with Crippen LogP contribution in [0.3, 0.4) is 0 Å². The topological polar surface area (TPSA) is 95.8 Å². The molecule has 2 aromatic heterocycles. The smallest absolute Gasteiger partial charge is 0.277 e. The van der Waals surface area contributed by atoms with Crippen LogP contribution in [-0.2, 0) is 21.4 Å². The Labute approximate surface area is 226 Å². The zero-order chi connectivity index (χ0) is 27.0. The maximum Gasteiger partial charge on any atom is 0.277 e. The molecule has 6 rings (SSSR count). The first-order valence-corrected chi connectivity index (χ1v) is 14.6. The molecule has 2 aliphatic rings. The summed E-state index contributed by atoms with van der Waals surface area (Å²) in [7, 11) is -4.07. The van der Waals surface area contributed by atoms with E-state index < -0.39 is 21.9 Å². The number of nitrogens with zero attached hydrogens (tertiary/aromatic N) is 3. The van der Waals surface area contributed by atoms with Gasteiger partial charge in [0.15, 0.2) is 0 Å². The minimum atomic E-state index is -4.07. The number of rotatable bonds is 7. The first kappa shape index (κ1) is 25.5. The lowest BCUT2D eigenvalue weighted by Crippen LogP contribution is -2.45. The number of carbonyl (C=O) groups is 1. The number of sulfonamides is 1. The average Bonchev–Trinajstić information content (AvgIpc) is 3.73. The Morgan fingerprint density at radius 1 is 1.00 bits per heavy atom. The SMILES string of the molecule is O=C(NCc1cccc(-c2ccc(N3CCCC3)nc2)c1)C1CCCN1S(=O)(=O)c1cc2cc(F)ccc2o1. The normalized spacial score (nSPS) is 18.2. The highest BCUT2D eigenvalue weighted by Crippen LogP contribution is 2.31. The molecule has 0 bridgehead atoms. The first-order valence-electron chi connectivity index (χ1n) is 13.2. The summed E-state index contributed by atoms with van der Waals surface area (Å²) in [4.78, 5) is 20.1. The summed E-state index contributed by atoms with van der Waals surface area (Å²) in [6.07, 6.45) is 5.24. The van der Waals surface area contributed by atoms with Crippen LogP contribution in [-0.4, -0.2) is 49.3 Å². The molecule has 2 saturated heterocycles. The molecule has 0 spiro atoms. The summed E-state index contributed by atoms with van der Waals surface area (Å²) in [5.74, 6) is 0.149. The second-order valence-electron chi connectivity index (χ2n) is 10.0. The van der Waals surface area contributed by atoms with Crippen LogP contribution in [0.1, 0.15) is 31.2 Å². The van der Waals surface area contributed by atoms with Crippen molar-refractivity contribution in [1.82, 2.24) is 14.6 Å². The highest BCUT2D eigenvalue weighted by molar-refractivity contribution is 7.89. The second-order valence-corrected chi connectivity index (χ2v) is 11.9. The standard InChI is InChI=1S/C29H29FN4O4S/c30-24-9-10-26-23(16-24)17-28(38-26)39(36,37)34-14-4-7-25(34)29(35)32-18-20-5-3-6-21(15-20)22-8-11-27(31-19-22)33-12-1-2-13-33/h3,5-6,8-11,15-17,19,25H,1-2,4,7,12-14,18H2,(H,32,35). The maximum absolute atomic E-state index is 13.6. The molecule has 2 fully saturated rings. The van der Waals surface area contributed by atoms with Crippen LogP contribution in [0.25, 0.3) is 22.1 Å². The van der Waals surface area contributed by atoms with E-state index in [0.717, 1.165) is 35.6 Å². The predicted molar refractivity (Wildman–Crippen MR) is 146 cm³/mol. The number of halogens is 1. The van der Waals surface area contributed by atoms with E-state index in [9.17, 15) is 17.6 Å². The highest BCUT2D eigenvalue weighted by Gasteiger charge is 2.41. The van der Waals surface area contributed by atoms with Crippen LogP contribution >= 0.6 is 0 Å². The number of aromatic nitrogens is 1. The number of carbonyl (C=O) groups excluding carboxylic acids is 1. The van der Waals surface area contributed by atoms with Crippen LogP contribution in [0.4, 0.5) is 10.2 Å². The monoisotopic (exact) mass is 548 g/mol. The Hall–Kier alpha value is -3.76. The van der Waals surface area contributed by atoms with E-state index in [2.05, 4.69) is 21.3 Å². The van der Waals surface area contributed by atoms with Gasteiger partial charge in [0, 0.05) is 49.4 Å². The summed E-state index contributed by atoms with van der Waals surface area (Å²) >= 11 is 0. The number of nitrogens with one attached hydrogen (secondary N) is 1. The van der Waals surface area contributed by atoms with E-state index in [4.69, 9.17) is 4.42 Å². The molecule has 4 heterocycles. The van der Waals surface area contributed by atoms with Crippen molar-refractivity contribution >= 4 is 32.7 Å². The Kier molecular flexibility index (Phi) is 6.82. The largest absolute Gasteiger partial charge is 0.443 e. The van der Waals surface area contributed by atoms with Gasteiger partial charge in [-0.3, -0.25) is 4.79 Å². The Morgan fingerprint density at radius 3 is 2.64 bits per heavy atom. The van der Waals surface area contributed by atoms with Crippen LogP contribution in [0.2, 0.25) is 0 Å². The van der Waals surface area contributed by atoms with E-state index in [-0.39, 0.29) is 29.7 Å². The first-order chi connectivity index (χ1) is 18.9. The molecule has 2 aromatic carbocycles. The third kappa shape index (κ3) is 5.14. The van der Waals surface area contributed by atoms with Gasteiger partial charge in [-0.25, -0.2) is 17.8 Å². The lowest BCUT2D eigenvalue weighted by molar-refractivity contribution is -0.124. The van der Waals surface area contributed by atoms with Gasteiger partial charge in [-0.15, -0.1) is 0 Å². The predicted octanol–water partition coefficient (Wildman–Crippen LogP) is 4.70. The van der Waals surface area contributed by atoms with E-state index in [0.29, 0.717) is 18.2 Å². The molecule has 0 aliphatic carbocycles. The number of anilines is 1. The van der Waals surface area contributed by atoms with Gasteiger partial charge < -0.3 is 14.6 Å². The Bertz CT molecular complexity index is 1610. The zero-order valence-electron chi connectivity index (χ0n) is 21.3. The van der Waals surface area contributed by atoms with Gasteiger partial charge in [-0.05, 0) is 73.2 Å². The molecule has 10 heteroatoms. The molecule has 1 unspecified atom stereocenters. The highest BCUT2D eigenvalue weighted by atomic mass is 32.2. The van der Waals surface area contributed by atoms with Crippen LogP contribution < -0.4 is 10.2 Å². The van der Waals surface area contributed by atoms with Crippen LogP contribution in [0.5, 0.6) is 0 Å². The van der Waals surface area contributed by atoms with Crippen molar-refractivity contribution in [1.29, 1.82) is 0 Å². The summed E-state index contributed by atoms with van der Waals surface area (Å²) < 4.78 is 46.9. The average molecular weight is 549 g/mol. The summed E-state index contributed by atoms with van der Waals surface area (Å²) in [6, 6.07) is 16.3. The molecule has 0 saturated carbocycles.